The van der Waals surface area contributed by atoms with Gasteiger partial charge >= 0.3 is 5.69 Å². The molecule has 174 valence electrons. The monoisotopic (exact) mass is 451 g/mol. The van der Waals surface area contributed by atoms with Crippen molar-refractivity contribution < 1.29 is 9.53 Å². The van der Waals surface area contributed by atoms with Crippen molar-refractivity contribution in [2.45, 2.75) is 20.4 Å². The van der Waals surface area contributed by atoms with Gasteiger partial charge in [0.2, 0.25) is 5.91 Å². The van der Waals surface area contributed by atoms with E-state index in [4.69, 9.17) is 10.5 Å². The first-order valence-electron chi connectivity index (χ1n) is 10.6. The zero-order valence-electron chi connectivity index (χ0n) is 19.1. The van der Waals surface area contributed by atoms with Crippen LogP contribution in [-0.4, -0.2) is 42.3 Å². The van der Waals surface area contributed by atoms with Gasteiger partial charge < -0.3 is 20.7 Å². The van der Waals surface area contributed by atoms with Gasteiger partial charge in [0.05, 0.1) is 19.7 Å². The molecule has 9 heteroatoms. The van der Waals surface area contributed by atoms with E-state index >= 15 is 0 Å². The van der Waals surface area contributed by atoms with E-state index in [2.05, 4.69) is 10.3 Å². The van der Waals surface area contributed by atoms with Crippen LogP contribution in [-0.2, 0) is 16.1 Å². The second-order valence-corrected chi connectivity index (χ2v) is 7.77. The lowest BCUT2D eigenvalue weighted by molar-refractivity contribution is -0.117. The third kappa shape index (κ3) is 5.69. The Hall–Kier alpha value is -3.85. The van der Waals surface area contributed by atoms with Crippen LogP contribution >= 0.6 is 0 Å². The Kier molecular flexibility index (Phi) is 7.68. The van der Waals surface area contributed by atoms with Crippen molar-refractivity contribution in [1.82, 2.24) is 9.55 Å². The highest BCUT2D eigenvalue weighted by Crippen LogP contribution is 2.19. The molecule has 0 aliphatic heterocycles. The number of ether oxygens (including phenoxy) is 1. The number of carbonyl (C=O) groups is 1. The molecule has 0 aliphatic carbocycles. The fourth-order valence-corrected chi connectivity index (χ4v) is 3.58. The van der Waals surface area contributed by atoms with Crippen LogP contribution in [0.4, 0.5) is 17.2 Å². The van der Waals surface area contributed by atoms with Crippen molar-refractivity contribution in [3.8, 4) is 0 Å². The lowest BCUT2D eigenvalue weighted by Gasteiger charge is -2.25. The van der Waals surface area contributed by atoms with Crippen LogP contribution in [0.15, 0.2) is 58.1 Å². The molecule has 9 nitrogen and oxygen atoms in total. The van der Waals surface area contributed by atoms with Gasteiger partial charge in [-0.25, -0.2) is 4.79 Å². The quantitative estimate of drug-likeness (QED) is 0.457. The van der Waals surface area contributed by atoms with E-state index in [1.807, 2.05) is 62.4 Å². The maximum atomic E-state index is 13.2. The van der Waals surface area contributed by atoms with Gasteiger partial charge in [-0.2, -0.15) is 0 Å². The molecule has 1 aromatic heterocycles. The summed E-state index contributed by atoms with van der Waals surface area (Å²) in [6.07, 6.45) is 0. The van der Waals surface area contributed by atoms with E-state index < -0.39 is 11.2 Å². The summed E-state index contributed by atoms with van der Waals surface area (Å²) in [6, 6.07) is 15.1. The van der Waals surface area contributed by atoms with E-state index in [1.54, 1.807) is 0 Å². The smallest absolute Gasteiger partial charge is 0.330 e. The number of H-pyrrole nitrogens is 1. The summed E-state index contributed by atoms with van der Waals surface area (Å²) in [6.45, 7) is 4.32. The molecular formula is C24H29N5O4. The Morgan fingerprint density at radius 2 is 1.88 bits per heavy atom. The van der Waals surface area contributed by atoms with E-state index in [0.717, 1.165) is 22.4 Å². The number of carbonyl (C=O) groups excluding carboxylic acids is 1. The van der Waals surface area contributed by atoms with Gasteiger partial charge in [0, 0.05) is 19.3 Å². The predicted octanol–water partition coefficient (Wildman–Crippen LogP) is 1.88. The number of benzene rings is 2. The van der Waals surface area contributed by atoms with Crippen LogP contribution in [0, 0.1) is 13.8 Å². The summed E-state index contributed by atoms with van der Waals surface area (Å²) in [5.74, 6) is -0.460. The lowest BCUT2D eigenvalue weighted by Crippen LogP contribution is -2.44. The van der Waals surface area contributed by atoms with Gasteiger partial charge in [0.15, 0.2) is 5.69 Å². The van der Waals surface area contributed by atoms with Gasteiger partial charge in [-0.1, -0.05) is 48.0 Å². The van der Waals surface area contributed by atoms with Gasteiger partial charge in [-0.05, 0) is 31.0 Å². The van der Waals surface area contributed by atoms with Crippen molar-refractivity contribution in [3.63, 3.8) is 0 Å². The second-order valence-electron chi connectivity index (χ2n) is 7.77. The molecule has 0 fully saturated rings. The molecule has 0 bridgehead atoms. The molecule has 3 aromatic rings. The molecular weight excluding hydrogens is 422 g/mol. The topological polar surface area (TPSA) is 122 Å². The highest BCUT2D eigenvalue weighted by Gasteiger charge is 2.24. The summed E-state index contributed by atoms with van der Waals surface area (Å²) < 4.78 is 6.38. The minimum absolute atomic E-state index is 0.0652. The molecule has 2 aromatic carbocycles. The SMILES string of the molecule is COCCN(C(=O)CNc1ccc(C)cc1C)c1c(N)n(Cc2ccccc2)c(=O)[nH]c1=O. The number of aromatic amines is 1. The lowest BCUT2D eigenvalue weighted by atomic mass is 10.1. The van der Waals surface area contributed by atoms with Crippen LogP contribution in [0.5, 0.6) is 0 Å². The zero-order chi connectivity index (χ0) is 24.0. The van der Waals surface area contributed by atoms with Crippen molar-refractivity contribution in [1.29, 1.82) is 0 Å². The molecule has 0 saturated heterocycles. The molecule has 4 N–H and O–H groups in total. The van der Waals surface area contributed by atoms with Crippen LogP contribution in [0.2, 0.25) is 0 Å². The minimum atomic E-state index is -0.724. The maximum Gasteiger partial charge on any atom is 0.330 e. The summed E-state index contributed by atoms with van der Waals surface area (Å²) in [4.78, 5) is 41.9. The summed E-state index contributed by atoms with van der Waals surface area (Å²) in [7, 11) is 1.50. The number of methoxy groups -OCH3 is 1. The number of aromatic nitrogens is 2. The average Bonchev–Trinajstić information content (AvgIpc) is 2.78. The fourth-order valence-electron chi connectivity index (χ4n) is 3.58. The molecule has 0 spiro atoms. The largest absolute Gasteiger partial charge is 0.383 e. The van der Waals surface area contributed by atoms with Crippen LogP contribution in [0.3, 0.4) is 0 Å². The molecule has 0 atom stereocenters. The van der Waals surface area contributed by atoms with Crippen molar-refractivity contribution >= 4 is 23.1 Å². The molecule has 0 aliphatic rings. The number of aryl methyl sites for hydroxylation is 2. The molecule has 0 saturated carbocycles. The summed E-state index contributed by atoms with van der Waals surface area (Å²) >= 11 is 0. The Balaban J connectivity index is 1.93. The predicted molar refractivity (Wildman–Crippen MR) is 130 cm³/mol. The van der Waals surface area contributed by atoms with E-state index in [-0.39, 0.29) is 43.7 Å². The molecule has 3 rings (SSSR count). The van der Waals surface area contributed by atoms with Crippen LogP contribution in [0.1, 0.15) is 16.7 Å². The summed E-state index contributed by atoms with van der Waals surface area (Å²) in [5.41, 5.74) is 8.60. The van der Waals surface area contributed by atoms with Gasteiger partial charge in [-0.15, -0.1) is 0 Å². The standard InChI is InChI=1S/C24H29N5O4/c1-16-9-10-19(17(2)13-16)26-14-20(30)28(11-12-33-3)21-22(25)29(24(32)27-23(21)31)15-18-7-5-4-6-8-18/h4-10,13,26H,11-12,14-15,25H2,1-3H3,(H,27,31,32). The first kappa shape index (κ1) is 23.8. The number of nitrogens with zero attached hydrogens (tertiary/aromatic N) is 2. The van der Waals surface area contributed by atoms with Gasteiger partial charge in [0.1, 0.15) is 5.82 Å². The number of nitrogen functional groups attached to an aromatic ring is 1. The molecule has 33 heavy (non-hydrogen) atoms. The highest BCUT2D eigenvalue weighted by atomic mass is 16.5. The van der Waals surface area contributed by atoms with Crippen molar-refractivity contribution in [2.24, 2.45) is 0 Å². The third-order valence-electron chi connectivity index (χ3n) is 5.30. The fraction of sp³-hybridized carbons (Fsp3) is 0.292. The normalized spacial score (nSPS) is 10.8. The van der Waals surface area contributed by atoms with Crippen molar-refractivity contribution in [3.05, 3.63) is 86.1 Å². The number of nitrogens with one attached hydrogen (secondary N) is 2. The third-order valence-corrected chi connectivity index (χ3v) is 5.30. The first-order chi connectivity index (χ1) is 15.8. The summed E-state index contributed by atoms with van der Waals surface area (Å²) in [5, 5.41) is 3.12. The van der Waals surface area contributed by atoms with E-state index in [9.17, 15) is 14.4 Å². The number of rotatable bonds is 9. The van der Waals surface area contributed by atoms with Crippen LogP contribution in [0.25, 0.3) is 0 Å². The van der Waals surface area contributed by atoms with Crippen molar-refractivity contribution in [2.75, 3.05) is 42.8 Å². The Bertz CT molecular complexity index is 1230. The molecule has 1 heterocycles. The number of hydrogen-bond donors (Lipinski definition) is 3. The molecule has 0 unspecified atom stereocenters. The number of anilines is 3. The molecule has 0 radical (unpaired) electrons. The van der Waals surface area contributed by atoms with E-state index in [1.165, 1.54) is 16.6 Å². The Labute approximate surface area is 191 Å². The second kappa shape index (κ2) is 10.6. The molecule has 1 amide bonds. The van der Waals surface area contributed by atoms with Crippen LogP contribution < -0.4 is 27.2 Å². The average molecular weight is 452 g/mol. The maximum absolute atomic E-state index is 13.2. The highest BCUT2D eigenvalue weighted by molar-refractivity contribution is 5.98. The number of hydrogen-bond acceptors (Lipinski definition) is 6. The first-order valence-corrected chi connectivity index (χ1v) is 10.6. The van der Waals surface area contributed by atoms with E-state index in [0.29, 0.717) is 0 Å². The number of amides is 1. The Morgan fingerprint density at radius 1 is 1.15 bits per heavy atom. The van der Waals surface area contributed by atoms with Gasteiger partial charge in [0.25, 0.3) is 5.56 Å². The Morgan fingerprint density at radius 3 is 2.55 bits per heavy atom. The minimum Gasteiger partial charge on any atom is -0.383 e. The number of nitrogens with two attached hydrogens (primary N) is 1. The van der Waals surface area contributed by atoms with Gasteiger partial charge in [-0.3, -0.25) is 19.1 Å². The zero-order valence-corrected chi connectivity index (χ0v) is 19.1.